The fraction of sp³-hybridized carbons (Fsp3) is 0.190. The molecule has 0 fully saturated rings. The monoisotopic (exact) mass is 380 g/mol. The van der Waals surface area contributed by atoms with E-state index < -0.39 is 0 Å². The lowest BCUT2D eigenvalue weighted by atomic mass is 10.1. The quantitative estimate of drug-likeness (QED) is 0.562. The number of hydrogen-bond acceptors (Lipinski definition) is 5. The Morgan fingerprint density at radius 2 is 1.67 bits per heavy atom. The number of ketones is 1. The summed E-state index contributed by atoms with van der Waals surface area (Å²) in [6.07, 6.45) is 0.871. The van der Waals surface area contributed by atoms with Crippen molar-refractivity contribution in [2.45, 2.75) is 20.3 Å². The standard InChI is InChI=1S/C21H21ClN4O/c1-14(27)17-5-9-19(10-6-17)26-21-13-20(24-15(2)25-21)23-12-11-16-3-7-18(22)8-4-16/h3-10,13H,11-12H2,1-2H3,(H2,23,24,25,26). The zero-order chi connectivity index (χ0) is 19.2. The Bertz CT molecular complexity index is 924. The van der Waals surface area contributed by atoms with Gasteiger partial charge in [0.05, 0.1) is 0 Å². The van der Waals surface area contributed by atoms with Gasteiger partial charge in [-0.1, -0.05) is 23.7 Å². The van der Waals surface area contributed by atoms with Crippen LogP contribution in [0.1, 0.15) is 28.7 Å². The van der Waals surface area contributed by atoms with Gasteiger partial charge in [-0.15, -0.1) is 0 Å². The van der Waals surface area contributed by atoms with Crippen LogP contribution in [-0.2, 0) is 6.42 Å². The van der Waals surface area contributed by atoms with Crippen molar-refractivity contribution in [3.05, 3.63) is 76.6 Å². The van der Waals surface area contributed by atoms with E-state index in [1.165, 1.54) is 5.56 Å². The number of hydrogen-bond donors (Lipinski definition) is 2. The Labute approximate surface area is 163 Å². The highest BCUT2D eigenvalue weighted by molar-refractivity contribution is 6.30. The van der Waals surface area contributed by atoms with Crippen LogP contribution in [0.3, 0.4) is 0 Å². The number of carbonyl (C=O) groups is 1. The molecule has 3 rings (SSSR count). The Hall–Kier alpha value is -2.92. The third-order valence-corrected chi connectivity index (χ3v) is 4.29. The first-order valence-corrected chi connectivity index (χ1v) is 9.09. The lowest BCUT2D eigenvalue weighted by molar-refractivity contribution is 0.101. The largest absolute Gasteiger partial charge is 0.370 e. The maximum Gasteiger partial charge on any atom is 0.159 e. The summed E-state index contributed by atoms with van der Waals surface area (Å²) in [6, 6.07) is 17.0. The molecule has 0 aliphatic heterocycles. The van der Waals surface area contributed by atoms with E-state index >= 15 is 0 Å². The van der Waals surface area contributed by atoms with Gasteiger partial charge in [0.2, 0.25) is 0 Å². The highest BCUT2D eigenvalue weighted by Crippen LogP contribution is 2.18. The molecule has 3 aromatic rings. The predicted octanol–water partition coefficient (Wildman–Crippen LogP) is 5.04. The average Bonchev–Trinajstić information content (AvgIpc) is 2.63. The molecule has 0 unspecified atom stereocenters. The SMILES string of the molecule is CC(=O)c1ccc(Nc2cc(NCCc3ccc(Cl)cc3)nc(C)n2)cc1. The van der Waals surface area contributed by atoms with E-state index in [1.807, 2.05) is 49.4 Å². The van der Waals surface area contributed by atoms with Crippen molar-refractivity contribution >= 4 is 34.7 Å². The third kappa shape index (κ3) is 5.53. The van der Waals surface area contributed by atoms with Gasteiger partial charge in [-0.3, -0.25) is 4.79 Å². The Balaban J connectivity index is 1.63. The van der Waals surface area contributed by atoms with Crippen LogP contribution in [0.15, 0.2) is 54.6 Å². The predicted molar refractivity (Wildman–Crippen MR) is 110 cm³/mol. The normalized spacial score (nSPS) is 10.5. The Morgan fingerprint density at radius 3 is 2.33 bits per heavy atom. The molecule has 0 radical (unpaired) electrons. The number of nitrogens with one attached hydrogen (secondary N) is 2. The molecule has 138 valence electrons. The molecular weight excluding hydrogens is 360 g/mol. The van der Waals surface area contributed by atoms with Gasteiger partial charge >= 0.3 is 0 Å². The summed E-state index contributed by atoms with van der Waals surface area (Å²) in [7, 11) is 0. The van der Waals surface area contributed by atoms with E-state index in [0.29, 0.717) is 17.2 Å². The number of rotatable bonds is 7. The molecule has 0 spiro atoms. The molecule has 0 atom stereocenters. The molecule has 0 saturated heterocycles. The Kier molecular flexibility index (Phi) is 6.04. The molecule has 0 bridgehead atoms. The average molecular weight is 381 g/mol. The molecule has 2 N–H and O–H groups in total. The topological polar surface area (TPSA) is 66.9 Å². The number of benzene rings is 2. The lowest BCUT2D eigenvalue weighted by Gasteiger charge is -2.11. The van der Waals surface area contributed by atoms with Gasteiger partial charge in [0.25, 0.3) is 0 Å². The second kappa shape index (κ2) is 8.64. The van der Waals surface area contributed by atoms with Crippen molar-refractivity contribution in [3.8, 4) is 0 Å². The van der Waals surface area contributed by atoms with Crippen molar-refractivity contribution in [1.82, 2.24) is 9.97 Å². The van der Waals surface area contributed by atoms with Gasteiger partial charge in [0.15, 0.2) is 5.78 Å². The molecule has 2 aromatic carbocycles. The summed E-state index contributed by atoms with van der Waals surface area (Å²) in [6.45, 7) is 4.16. The maximum absolute atomic E-state index is 11.4. The maximum atomic E-state index is 11.4. The minimum atomic E-state index is 0.0478. The highest BCUT2D eigenvalue weighted by atomic mass is 35.5. The molecule has 0 aliphatic rings. The van der Waals surface area contributed by atoms with Crippen LogP contribution in [0, 0.1) is 6.92 Å². The van der Waals surface area contributed by atoms with E-state index in [2.05, 4.69) is 20.6 Å². The van der Waals surface area contributed by atoms with E-state index in [9.17, 15) is 4.79 Å². The number of nitrogens with zero attached hydrogens (tertiary/aromatic N) is 2. The number of aryl methyl sites for hydroxylation is 1. The number of anilines is 3. The fourth-order valence-electron chi connectivity index (χ4n) is 2.64. The van der Waals surface area contributed by atoms with Gasteiger partial charge in [-0.05, 0) is 62.2 Å². The van der Waals surface area contributed by atoms with Crippen molar-refractivity contribution in [2.75, 3.05) is 17.2 Å². The van der Waals surface area contributed by atoms with Crippen molar-refractivity contribution in [2.24, 2.45) is 0 Å². The number of carbonyl (C=O) groups excluding carboxylic acids is 1. The second-order valence-electron chi connectivity index (χ2n) is 6.25. The number of aromatic nitrogens is 2. The summed E-state index contributed by atoms with van der Waals surface area (Å²) in [4.78, 5) is 20.2. The first-order valence-electron chi connectivity index (χ1n) is 8.71. The molecule has 1 aromatic heterocycles. The molecule has 5 nitrogen and oxygen atoms in total. The van der Waals surface area contributed by atoms with Crippen molar-refractivity contribution in [1.29, 1.82) is 0 Å². The van der Waals surface area contributed by atoms with Crippen LogP contribution >= 0.6 is 11.6 Å². The number of Topliss-reactive ketones (excluding diaryl/α,β-unsaturated/α-hetero) is 1. The van der Waals surface area contributed by atoms with Crippen molar-refractivity contribution in [3.63, 3.8) is 0 Å². The zero-order valence-corrected chi connectivity index (χ0v) is 16.0. The summed E-state index contributed by atoms with van der Waals surface area (Å²) in [5.74, 6) is 2.19. The van der Waals surface area contributed by atoms with E-state index in [0.717, 1.165) is 29.5 Å². The molecule has 0 aliphatic carbocycles. The van der Waals surface area contributed by atoms with Gasteiger partial charge in [-0.25, -0.2) is 9.97 Å². The zero-order valence-electron chi connectivity index (χ0n) is 15.3. The smallest absolute Gasteiger partial charge is 0.159 e. The third-order valence-electron chi connectivity index (χ3n) is 4.03. The van der Waals surface area contributed by atoms with Crippen LogP contribution in [-0.4, -0.2) is 22.3 Å². The highest BCUT2D eigenvalue weighted by Gasteiger charge is 2.04. The number of halogens is 1. The van der Waals surface area contributed by atoms with Crippen LogP contribution in [0.4, 0.5) is 17.3 Å². The molecule has 6 heteroatoms. The molecule has 27 heavy (non-hydrogen) atoms. The Morgan fingerprint density at radius 1 is 1.00 bits per heavy atom. The minimum Gasteiger partial charge on any atom is -0.370 e. The molecule has 0 saturated carbocycles. The summed E-state index contributed by atoms with van der Waals surface area (Å²) in [5, 5.41) is 7.32. The molecule has 1 heterocycles. The summed E-state index contributed by atoms with van der Waals surface area (Å²) < 4.78 is 0. The summed E-state index contributed by atoms with van der Waals surface area (Å²) >= 11 is 5.91. The van der Waals surface area contributed by atoms with Crippen LogP contribution in [0.2, 0.25) is 5.02 Å². The van der Waals surface area contributed by atoms with Crippen LogP contribution in [0.5, 0.6) is 0 Å². The minimum absolute atomic E-state index is 0.0478. The van der Waals surface area contributed by atoms with Crippen LogP contribution in [0.25, 0.3) is 0 Å². The molecular formula is C21H21ClN4O. The van der Waals surface area contributed by atoms with E-state index in [-0.39, 0.29) is 5.78 Å². The van der Waals surface area contributed by atoms with Crippen molar-refractivity contribution < 1.29 is 4.79 Å². The van der Waals surface area contributed by atoms with Gasteiger partial charge in [0.1, 0.15) is 17.5 Å². The fourth-order valence-corrected chi connectivity index (χ4v) is 2.77. The van der Waals surface area contributed by atoms with E-state index in [1.54, 1.807) is 19.1 Å². The lowest BCUT2D eigenvalue weighted by Crippen LogP contribution is -2.08. The molecule has 0 amide bonds. The van der Waals surface area contributed by atoms with Crippen LogP contribution < -0.4 is 10.6 Å². The van der Waals surface area contributed by atoms with Gasteiger partial charge < -0.3 is 10.6 Å². The van der Waals surface area contributed by atoms with E-state index in [4.69, 9.17) is 11.6 Å². The first-order chi connectivity index (χ1) is 13.0. The van der Waals surface area contributed by atoms with Gasteiger partial charge in [-0.2, -0.15) is 0 Å². The second-order valence-corrected chi connectivity index (χ2v) is 6.68. The van der Waals surface area contributed by atoms with Gasteiger partial charge in [0, 0.05) is 28.9 Å². The first kappa shape index (κ1) is 18.9. The summed E-state index contributed by atoms with van der Waals surface area (Å²) in [5.41, 5.74) is 2.76.